The Kier molecular flexibility index (Phi) is 10.8. The number of rotatable bonds is 14. The Labute approximate surface area is 367 Å². The molecule has 2 aliphatic heterocycles. The lowest BCUT2D eigenvalue weighted by molar-refractivity contribution is 0.102. The topological polar surface area (TPSA) is 192 Å². The number of carbonyl (C=O) groups is 2. The fourth-order valence-electron chi connectivity index (χ4n) is 7.53. The first kappa shape index (κ1) is 39.2. The second kappa shape index (κ2) is 17.6. The van der Waals surface area contributed by atoms with Gasteiger partial charge in [0, 0.05) is 61.3 Å². The highest BCUT2D eigenvalue weighted by atomic mass is 16.1. The number of hydrogen-bond donors (Lipinski definition) is 4. The fraction of sp³-hybridized carbons (Fsp3) is 0.0833. The summed E-state index contributed by atoms with van der Waals surface area (Å²) in [6.45, 7) is 2.01. The molecule has 16 heteroatoms. The summed E-state index contributed by atoms with van der Waals surface area (Å²) < 4.78 is 0. The monoisotopic (exact) mass is 842 g/mol. The maximum absolute atomic E-state index is 14.4. The van der Waals surface area contributed by atoms with Crippen LogP contribution in [-0.2, 0) is 0 Å². The number of aromatic nitrogens is 8. The van der Waals surface area contributed by atoms with Crippen molar-refractivity contribution >= 4 is 69.5 Å². The van der Waals surface area contributed by atoms with Gasteiger partial charge in [-0.1, -0.05) is 72.8 Å². The normalized spacial score (nSPS) is 13.1. The summed E-state index contributed by atoms with van der Waals surface area (Å²) in [5.41, 5.74) is 7.32. The average Bonchev–Trinajstić information content (AvgIpc) is 3.93. The third-order valence-electron chi connectivity index (χ3n) is 10.6. The number of benzene rings is 4. The Morgan fingerprint density at radius 3 is 1.03 bits per heavy atom. The van der Waals surface area contributed by atoms with Gasteiger partial charge in [-0.05, 0) is 71.8 Å². The molecular formula is C48H38N14O2. The number of nitrogens with zero attached hydrogens (tertiary/aromatic N) is 10. The molecule has 0 radical (unpaired) electrons. The van der Waals surface area contributed by atoms with Crippen molar-refractivity contribution < 1.29 is 9.59 Å². The van der Waals surface area contributed by atoms with Crippen molar-refractivity contribution in [2.45, 2.75) is 0 Å². The SMILES string of the molecule is O=C(c1ccnc(Nc2ccccc2)n1)c1nc(Nc2ccccc2)ncc1N1CC2=C(C1)CN(c1cnc(Nc3ccccc3)nc1C(=O)c1ccnc(Nc3ccccc3)n1)C2. The molecule has 0 amide bonds. The maximum Gasteiger partial charge on any atom is 0.232 e. The zero-order chi connectivity index (χ0) is 43.2. The molecule has 8 aromatic rings. The van der Waals surface area contributed by atoms with E-state index in [1.54, 1.807) is 36.9 Å². The van der Waals surface area contributed by atoms with Crippen LogP contribution < -0.4 is 31.1 Å². The Balaban J connectivity index is 0.919. The van der Waals surface area contributed by atoms with E-state index < -0.39 is 0 Å². The van der Waals surface area contributed by atoms with Crippen LogP contribution in [0.5, 0.6) is 0 Å². The maximum atomic E-state index is 14.4. The zero-order valence-corrected chi connectivity index (χ0v) is 34.1. The molecule has 0 unspecified atom stereocenters. The fourth-order valence-corrected chi connectivity index (χ4v) is 7.53. The van der Waals surface area contributed by atoms with Crippen LogP contribution in [0.4, 0.5) is 57.9 Å². The lowest BCUT2D eigenvalue weighted by atomic mass is 10.1. The first-order valence-corrected chi connectivity index (χ1v) is 20.5. The molecule has 16 nitrogen and oxygen atoms in total. The predicted octanol–water partition coefficient (Wildman–Crippen LogP) is 7.92. The Hall–Kier alpha value is -8.92. The summed E-state index contributed by atoms with van der Waals surface area (Å²) in [6, 6.07) is 41.2. The number of hydrogen-bond acceptors (Lipinski definition) is 16. The van der Waals surface area contributed by atoms with E-state index in [4.69, 9.17) is 9.97 Å². The summed E-state index contributed by atoms with van der Waals surface area (Å²) >= 11 is 0. The minimum atomic E-state index is -0.378. The molecule has 2 aliphatic rings. The second-order valence-corrected chi connectivity index (χ2v) is 14.9. The van der Waals surface area contributed by atoms with Crippen molar-refractivity contribution in [1.29, 1.82) is 0 Å². The molecule has 0 aliphatic carbocycles. The summed E-state index contributed by atoms with van der Waals surface area (Å²) in [6.07, 6.45) is 6.46. The van der Waals surface area contributed by atoms with Gasteiger partial charge in [-0.2, -0.15) is 0 Å². The third kappa shape index (κ3) is 8.64. The van der Waals surface area contributed by atoms with E-state index in [9.17, 15) is 9.59 Å². The number of carbonyl (C=O) groups excluding carboxylic acids is 2. The van der Waals surface area contributed by atoms with Gasteiger partial charge in [-0.25, -0.2) is 39.9 Å². The smallest absolute Gasteiger partial charge is 0.232 e. The largest absolute Gasteiger partial charge is 0.360 e. The van der Waals surface area contributed by atoms with E-state index in [-0.39, 0.29) is 58.1 Å². The standard InChI is InChI=1S/C48H38N14O2/c63-43(37-21-23-49-45(57-37)53-33-13-5-1-6-14-33)41-39(25-51-47(59-41)55-35-17-9-3-10-18-35)61-27-31-29-62(30-32(31)28-61)40-26-52-48(56-36-19-11-4-12-20-36)60-42(40)44(64)38-22-24-50-46(58-38)54-34-15-7-2-8-16-34/h1-26H,27-30H2,(H,49,53,57)(H,50,54,58)(H,51,55,59)(H,52,56,60). The van der Waals surface area contributed by atoms with Crippen molar-refractivity contribution in [3.05, 3.63) is 192 Å². The van der Waals surface area contributed by atoms with E-state index in [0.29, 0.717) is 37.6 Å². The van der Waals surface area contributed by atoms with E-state index >= 15 is 0 Å². The minimum absolute atomic E-state index is 0.180. The van der Waals surface area contributed by atoms with E-state index in [0.717, 1.165) is 33.9 Å². The summed E-state index contributed by atoms with van der Waals surface area (Å²) in [5, 5.41) is 12.8. The summed E-state index contributed by atoms with van der Waals surface area (Å²) in [5.74, 6) is 0.359. The molecule has 4 aromatic carbocycles. The van der Waals surface area contributed by atoms with Crippen LogP contribution in [0.2, 0.25) is 0 Å². The predicted molar refractivity (Wildman–Crippen MR) is 245 cm³/mol. The first-order chi connectivity index (χ1) is 31.5. The number of nitrogens with one attached hydrogen (secondary N) is 4. The van der Waals surface area contributed by atoms with E-state index in [1.165, 1.54) is 0 Å². The second-order valence-electron chi connectivity index (χ2n) is 14.9. The lowest BCUT2D eigenvalue weighted by Crippen LogP contribution is -2.32. The van der Waals surface area contributed by atoms with Crippen molar-refractivity contribution in [2.75, 3.05) is 57.2 Å². The molecule has 10 rings (SSSR count). The van der Waals surface area contributed by atoms with Gasteiger partial charge < -0.3 is 31.1 Å². The third-order valence-corrected chi connectivity index (χ3v) is 10.6. The van der Waals surface area contributed by atoms with Crippen LogP contribution in [-0.4, -0.2) is 77.6 Å². The van der Waals surface area contributed by atoms with Gasteiger partial charge in [0.05, 0.1) is 23.8 Å². The van der Waals surface area contributed by atoms with Crippen LogP contribution in [0.3, 0.4) is 0 Å². The van der Waals surface area contributed by atoms with Crippen LogP contribution in [0.1, 0.15) is 32.4 Å². The quantitative estimate of drug-likeness (QED) is 0.0609. The zero-order valence-electron chi connectivity index (χ0n) is 34.1. The lowest BCUT2D eigenvalue weighted by Gasteiger charge is -2.27. The van der Waals surface area contributed by atoms with Gasteiger partial charge in [0.15, 0.2) is 0 Å². The molecule has 0 fully saturated rings. The molecule has 0 atom stereocenters. The molecule has 0 bridgehead atoms. The molecule has 0 saturated carbocycles. The van der Waals surface area contributed by atoms with Crippen molar-refractivity contribution in [3.8, 4) is 0 Å². The molecule has 0 spiro atoms. The van der Waals surface area contributed by atoms with Crippen molar-refractivity contribution in [2.24, 2.45) is 0 Å². The van der Waals surface area contributed by atoms with Crippen LogP contribution in [0.15, 0.2) is 169 Å². The molecule has 4 aromatic heterocycles. The van der Waals surface area contributed by atoms with Crippen LogP contribution >= 0.6 is 0 Å². The van der Waals surface area contributed by atoms with Gasteiger partial charge in [-0.15, -0.1) is 0 Å². The molecule has 6 heterocycles. The number of ketones is 2. The molecule has 64 heavy (non-hydrogen) atoms. The highest BCUT2D eigenvalue weighted by molar-refractivity contribution is 6.11. The highest BCUT2D eigenvalue weighted by Crippen LogP contribution is 2.36. The van der Waals surface area contributed by atoms with Crippen LogP contribution in [0.25, 0.3) is 0 Å². The summed E-state index contributed by atoms with van der Waals surface area (Å²) in [7, 11) is 0. The minimum Gasteiger partial charge on any atom is -0.360 e. The van der Waals surface area contributed by atoms with E-state index in [2.05, 4.69) is 61.0 Å². The van der Waals surface area contributed by atoms with Gasteiger partial charge in [0.1, 0.15) is 22.8 Å². The first-order valence-electron chi connectivity index (χ1n) is 20.5. The van der Waals surface area contributed by atoms with Crippen molar-refractivity contribution in [1.82, 2.24) is 39.9 Å². The molecule has 312 valence electrons. The van der Waals surface area contributed by atoms with Gasteiger partial charge >= 0.3 is 0 Å². The van der Waals surface area contributed by atoms with E-state index in [1.807, 2.05) is 121 Å². The average molecular weight is 843 g/mol. The van der Waals surface area contributed by atoms with Crippen molar-refractivity contribution in [3.63, 3.8) is 0 Å². The number of anilines is 10. The Bertz CT molecular complexity index is 2790. The molecular weight excluding hydrogens is 805 g/mol. The molecule has 4 N–H and O–H groups in total. The Morgan fingerprint density at radius 1 is 0.391 bits per heavy atom. The highest BCUT2D eigenvalue weighted by Gasteiger charge is 2.35. The number of para-hydroxylation sites is 4. The van der Waals surface area contributed by atoms with Gasteiger partial charge in [-0.3, -0.25) is 9.59 Å². The van der Waals surface area contributed by atoms with Crippen LogP contribution in [0, 0.1) is 0 Å². The Morgan fingerprint density at radius 2 is 0.703 bits per heavy atom. The molecule has 0 saturated heterocycles. The van der Waals surface area contributed by atoms with Gasteiger partial charge in [0.2, 0.25) is 35.4 Å². The summed E-state index contributed by atoms with van der Waals surface area (Å²) in [4.78, 5) is 69.8. The van der Waals surface area contributed by atoms with Gasteiger partial charge in [0.25, 0.3) is 0 Å².